The zero-order chi connectivity index (χ0) is 51.2. The Bertz CT molecular complexity index is 4160. The summed E-state index contributed by atoms with van der Waals surface area (Å²) in [6.45, 7) is 1.50. The molecule has 0 aliphatic heterocycles. The van der Waals surface area contributed by atoms with Gasteiger partial charge in [0, 0.05) is 38.3 Å². The van der Waals surface area contributed by atoms with Crippen LogP contribution in [-0.2, 0) is 40.5 Å². The third-order valence-electron chi connectivity index (χ3n) is 10.4. The molecule has 8 aromatic rings. The summed E-state index contributed by atoms with van der Waals surface area (Å²) in [4.78, 5) is 2.13. The van der Waals surface area contributed by atoms with Crippen LogP contribution in [0.25, 0.3) is 32.7 Å². The third kappa shape index (κ3) is 10.6. The molecule has 0 spiro atoms. The number of aromatic nitrogens is 1. The number of nitrogens with zero attached hydrogens (tertiary/aromatic N) is 7. The van der Waals surface area contributed by atoms with Crippen LogP contribution in [0.2, 0.25) is 5.02 Å². The highest BCUT2D eigenvalue weighted by molar-refractivity contribution is 7.86. The number of benzene rings is 6. The molecule has 0 aliphatic carbocycles. The molecule has 0 saturated heterocycles. The van der Waals surface area contributed by atoms with Crippen molar-refractivity contribution in [1.82, 2.24) is 4.98 Å². The Morgan fingerprint density at radius 2 is 1.11 bits per heavy atom. The Morgan fingerprint density at radius 3 is 1.68 bits per heavy atom. The average Bonchev–Trinajstić information content (AvgIpc) is 3.66. The van der Waals surface area contributed by atoms with E-state index in [2.05, 4.69) is 42.1 Å². The van der Waals surface area contributed by atoms with Gasteiger partial charge in [-0.15, -0.1) is 20.5 Å². The number of azo groups is 2. The maximum atomic E-state index is 12.6. The standard InChI is InChI=1S/C44H28ClN9O12S5/c1-23-35(21-46)41(48-28-8-12-31(13-9-28)68(55,56)57)50-42(49-29-10-14-32(15-11-29)69(58,59)60)40(23)52-53-43-36(22-47)39(26-7-6-24-4-2-3-5-25(24)16-26)44(67-43)54-51-30-19-34-33(38(20-30)71(64,65)66)17-27(45)18-37(34)70(61,62)63/h2-20H,1H3,(H2,48,49,50)(H,55,56,57)(H,58,59,60)(H,61,62,63)(H,64,65,66). The van der Waals surface area contributed by atoms with Crippen LogP contribution in [0, 0.1) is 29.6 Å². The quantitative estimate of drug-likeness (QED) is 0.0461. The lowest BCUT2D eigenvalue weighted by molar-refractivity contribution is 0.481. The number of hydrogen-bond acceptors (Lipinski definition) is 18. The number of nitriles is 2. The molecule has 2 aromatic heterocycles. The van der Waals surface area contributed by atoms with Gasteiger partial charge >= 0.3 is 0 Å². The van der Waals surface area contributed by atoms with Crippen LogP contribution in [0.15, 0.2) is 155 Å². The van der Waals surface area contributed by atoms with Crippen LogP contribution < -0.4 is 10.6 Å². The summed E-state index contributed by atoms with van der Waals surface area (Å²) in [5.74, 6) is -0.170. The summed E-state index contributed by atoms with van der Waals surface area (Å²) in [7, 11) is -19.2. The van der Waals surface area contributed by atoms with E-state index in [0.29, 0.717) is 5.56 Å². The molecule has 0 atom stereocenters. The van der Waals surface area contributed by atoms with E-state index >= 15 is 0 Å². The number of anilines is 4. The molecule has 0 fully saturated rings. The number of nitrogens with one attached hydrogen (secondary N) is 2. The highest BCUT2D eigenvalue weighted by Crippen LogP contribution is 2.49. The van der Waals surface area contributed by atoms with Crippen LogP contribution >= 0.6 is 22.9 Å². The van der Waals surface area contributed by atoms with Crippen molar-refractivity contribution in [3.63, 3.8) is 0 Å². The lowest BCUT2D eigenvalue weighted by atomic mass is 10.00. The van der Waals surface area contributed by atoms with Crippen molar-refractivity contribution in [2.75, 3.05) is 10.6 Å². The molecule has 71 heavy (non-hydrogen) atoms. The smallest absolute Gasteiger partial charge is 0.295 e. The largest absolute Gasteiger partial charge is 0.339 e. The first-order chi connectivity index (χ1) is 33.4. The van der Waals surface area contributed by atoms with Crippen LogP contribution in [0.3, 0.4) is 0 Å². The first-order valence-electron chi connectivity index (χ1n) is 19.7. The highest BCUT2D eigenvalue weighted by Gasteiger charge is 2.25. The average molecular weight is 1070 g/mol. The van der Waals surface area contributed by atoms with Crippen molar-refractivity contribution in [2.24, 2.45) is 20.5 Å². The second-order valence-corrected chi connectivity index (χ2v) is 22.0. The van der Waals surface area contributed by atoms with Gasteiger partial charge in [0.15, 0.2) is 16.6 Å². The number of thiophene rings is 1. The molecule has 0 saturated carbocycles. The summed E-state index contributed by atoms with van der Waals surface area (Å²) in [6, 6.07) is 30.3. The fraction of sp³-hybridized carbons (Fsp3) is 0.0227. The van der Waals surface area contributed by atoms with Gasteiger partial charge in [-0.05, 0) is 102 Å². The predicted molar refractivity (Wildman–Crippen MR) is 262 cm³/mol. The monoisotopic (exact) mass is 1070 g/mol. The molecule has 21 nitrogen and oxygen atoms in total. The molecule has 8 rings (SSSR count). The van der Waals surface area contributed by atoms with Crippen molar-refractivity contribution in [2.45, 2.75) is 26.5 Å². The van der Waals surface area contributed by atoms with Crippen LogP contribution in [0.4, 0.5) is 44.4 Å². The minimum Gasteiger partial charge on any atom is -0.339 e. The van der Waals surface area contributed by atoms with Gasteiger partial charge in [-0.2, -0.15) is 44.2 Å². The van der Waals surface area contributed by atoms with Gasteiger partial charge in [0.1, 0.15) is 38.2 Å². The molecule has 358 valence electrons. The molecule has 0 aliphatic rings. The molecule has 0 unspecified atom stereocenters. The molecule has 27 heteroatoms. The zero-order valence-corrected chi connectivity index (χ0v) is 40.4. The zero-order valence-electron chi connectivity index (χ0n) is 35.6. The second-order valence-electron chi connectivity index (χ2n) is 14.9. The number of hydrogen-bond donors (Lipinski definition) is 6. The molecular formula is C44H28ClN9O12S5. The van der Waals surface area contributed by atoms with Gasteiger partial charge < -0.3 is 10.6 Å². The lowest BCUT2D eigenvalue weighted by Gasteiger charge is -2.16. The fourth-order valence-corrected chi connectivity index (χ4v) is 10.7. The topological polar surface area (TPSA) is 351 Å². The highest BCUT2D eigenvalue weighted by atomic mass is 35.5. The Labute approximate surface area is 412 Å². The summed E-state index contributed by atoms with van der Waals surface area (Å²) in [6.07, 6.45) is 0. The summed E-state index contributed by atoms with van der Waals surface area (Å²) in [5.41, 5.74) is 0.635. The fourth-order valence-electron chi connectivity index (χ4n) is 7.12. The SMILES string of the molecule is Cc1c(C#N)c(Nc2ccc(S(=O)(=O)O)cc2)nc(Nc2ccc(S(=O)(=O)O)cc2)c1N=Nc1sc(N=Nc2cc(S(=O)(=O)O)c3cc(Cl)cc(S(=O)(=O)O)c3c2)c(-c2ccc3ccccc3c2)c1C#N. The predicted octanol–water partition coefficient (Wildman–Crippen LogP) is 11.1. The maximum Gasteiger partial charge on any atom is 0.295 e. The molecule has 0 radical (unpaired) electrons. The molecule has 2 heterocycles. The maximum absolute atomic E-state index is 12.6. The van der Waals surface area contributed by atoms with Crippen LogP contribution in [-0.4, -0.2) is 56.9 Å². The summed E-state index contributed by atoms with van der Waals surface area (Å²) >= 11 is 6.86. The molecule has 6 N–H and O–H groups in total. The minimum absolute atomic E-state index is 0.00482. The number of rotatable bonds is 13. The van der Waals surface area contributed by atoms with E-state index in [1.54, 1.807) is 24.3 Å². The van der Waals surface area contributed by atoms with Gasteiger partial charge in [-0.25, -0.2) is 4.98 Å². The Morgan fingerprint density at radius 1 is 0.577 bits per heavy atom. The molecule has 0 amide bonds. The van der Waals surface area contributed by atoms with Crippen molar-refractivity contribution in [3.8, 4) is 23.3 Å². The first-order valence-corrected chi connectivity index (χ1v) is 26.6. The third-order valence-corrected chi connectivity index (χ3v) is 15.1. The summed E-state index contributed by atoms with van der Waals surface area (Å²) < 4.78 is 136. The van der Waals surface area contributed by atoms with E-state index in [1.807, 2.05) is 24.3 Å². The Hall–Kier alpha value is -7.60. The second kappa shape index (κ2) is 19.0. The van der Waals surface area contributed by atoms with E-state index in [4.69, 9.17) is 11.6 Å². The number of fused-ring (bicyclic) bond motifs is 2. The van der Waals surface area contributed by atoms with Gasteiger partial charge in [0.05, 0.1) is 21.0 Å². The van der Waals surface area contributed by atoms with Gasteiger partial charge in [0.25, 0.3) is 40.5 Å². The van der Waals surface area contributed by atoms with Crippen LogP contribution in [0.5, 0.6) is 0 Å². The van der Waals surface area contributed by atoms with Gasteiger partial charge in [-0.1, -0.05) is 59.3 Å². The Kier molecular flexibility index (Phi) is 13.3. The van der Waals surface area contributed by atoms with Gasteiger partial charge in [-0.3, -0.25) is 18.2 Å². The normalized spacial score (nSPS) is 12.4. The van der Waals surface area contributed by atoms with Gasteiger partial charge in [0.2, 0.25) is 0 Å². The molecule has 6 aromatic carbocycles. The lowest BCUT2D eigenvalue weighted by Crippen LogP contribution is -2.05. The van der Waals surface area contributed by atoms with Crippen molar-refractivity contribution in [3.05, 3.63) is 137 Å². The molecular weight excluding hydrogens is 1040 g/mol. The number of pyridine rings is 1. The van der Waals surface area contributed by atoms with Crippen molar-refractivity contribution >= 4 is 129 Å². The molecule has 0 bridgehead atoms. The summed E-state index contributed by atoms with van der Waals surface area (Å²) in [5, 5.41) is 45.0. The number of halogens is 1. The van der Waals surface area contributed by atoms with Crippen LogP contribution in [0.1, 0.15) is 16.7 Å². The van der Waals surface area contributed by atoms with E-state index in [1.165, 1.54) is 31.2 Å². The van der Waals surface area contributed by atoms with E-state index in [-0.39, 0.29) is 82.4 Å². The van der Waals surface area contributed by atoms with Crippen molar-refractivity contribution < 1.29 is 51.9 Å². The van der Waals surface area contributed by atoms with Crippen molar-refractivity contribution in [1.29, 1.82) is 10.5 Å². The minimum atomic E-state index is -5.09. The first kappa shape index (κ1) is 49.8. The Balaban J connectivity index is 1.30. The van der Waals surface area contributed by atoms with E-state index in [0.717, 1.165) is 70.6 Å². The van der Waals surface area contributed by atoms with E-state index in [9.17, 15) is 62.4 Å². The van der Waals surface area contributed by atoms with E-state index < -0.39 is 60.1 Å².